The number of nitrogens with zero attached hydrogens (tertiary/aromatic N) is 2. The molecule has 0 radical (unpaired) electrons. The van der Waals surface area contributed by atoms with Crippen LogP contribution in [0.5, 0.6) is 11.5 Å². The van der Waals surface area contributed by atoms with Gasteiger partial charge in [-0.1, -0.05) is 31.2 Å². The molecule has 0 bridgehead atoms. The molecule has 0 saturated carbocycles. The monoisotopic (exact) mass is 406 g/mol. The average Bonchev–Trinajstić information content (AvgIpc) is 2.82. The van der Waals surface area contributed by atoms with Crippen LogP contribution in [0, 0.1) is 0 Å². The summed E-state index contributed by atoms with van der Waals surface area (Å²) < 4.78 is 16.5. The molecule has 1 aromatic heterocycles. The molecule has 156 valence electrons. The number of anilines is 1. The average molecular weight is 406 g/mol. The lowest BCUT2D eigenvalue weighted by Crippen LogP contribution is -2.37. The summed E-state index contributed by atoms with van der Waals surface area (Å²) in [5.74, 6) is 1.18. The van der Waals surface area contributed by atoms with Crippen molar-refractivity contribution in [2.45, 2.75) is 13.3 Å². The Balaban J connectivity index is 1.90. The highest BCUT2D eigenvalue weighted by Crippen LogP contribution is 2.38. The van der Waals surface area contributed by atoms with E-state index in [0.29, 0.717) is 48.9 Å². The number of methoxy groups -OCH3 is 2. The van der Waals surface area contributed by atoms with Gasteiger partial charge in [-0.15, -0.1) is 0 Å². The predicted molar refractivity (Wildman–Crippen MR) is 117 cm³/mol. The fraction of sp³-hybridized carbons (Fsp3) is 0.333. The summed E-state index contributed by atoms with van der Waals surface area (Å²) in [4.78, 5) is 20.3. The minimum atomic E-state index is -0.0386. The quantitative estimate of drug-likeness (QED) is 0.579. The maximum atomic E-state index is 13.5. The van der Waals surface area contributed by atoms with Crippen LogP contribution < -0.4 is 14.4 Å². The third-order valence-corrected chi connectivity index (χ3v) is 5.54. The normalized spacial score (nSPS) is 14.0. The molecule has 0 spiro atoms. The van der Waals surface area contributed by atoms with Gasteiger partial charge in [0.05, 0.1) is 44.2 Å². The van der Waals surface area contributed by atoms with Crippen LogP contribution in [0.15, 0.2) is 42.6 Å². The van der Waals surface area contributed by atoms with E-state index in [4.69, 9.17) is 14.2 Å². The standard InChI is InChI=1S/C24H26N2O4/c1-4-16-5-7-17(8-6-16)24(27)19-15-25-20-14-22(29-3)21(28-2)13-18(20)23(19)26-9-11-30-12-10-26/h5-8,13-15H,4,9-12H2,1-3H3. The molecule has 0 amide bonds. The molecule has 0 N–H and O–H groups in total. The maximum Gasteiger partial charge on any atom is 0.196 e. The van der Waals surface area contributed by atoms with Gasteiger partial charge >= 0.3 is 0 Å². The van der Waals surface area contributed by atoms with Crippen LogP contribution in [0.3, 0.4) is 0 Å². The number of aromatic nitrogens is 1. The first-order valence-corrected chi connectivity index (χ1v) is 10.2. The van der Waals surface area contributed by atoms with E-state index in [-0.39, 0.29) is 5.78 Å². The number of carbonyl (C=O) groups is 1. The summed E-state index contributed by atoms with van der Waals surface area (Å²) in [6, 6.07) is 11.5. The molecule has 1 fully saturated rings. The van der Waals surface area contributed by atoms with E-state index in [0.717, 1.165) is 23.0 Å². The predicted octanol–water partition coefficient (Wildman–Crippen LogP) is 3.88. The molecule has 2 heterocycles. The summed E-state index contributed by atoms with van der Waals surface area (Å²) in [5.41, 5.74) is 4.07. The summed E-state index contributed by atoms with van der Waals surface area (Å²) in [5, 5.41) is 0.866. The Kier molecular flexibility index (Phi) is 5.86. The molecule has 3 aromatic rings. The molecule has 1 saturated heterocycles. The lowest BCUT2D eigenvalue weighted by Gasteiger charge is -2.31. The highest BCUT2D eigenvalue weighted by Gasteiger charge is 2.24. The van der Waals surface area contributed by atoms with Crippen molar-refractivity contribution in [3.63, 3.8) is 0 Å². The third kappa shape index (κ3) is 3.71. The first kappa shape index (κ1) is 20.2. The van der Waals surface area contributed by atoms with Crippen LogP contribution in [-0.2, 0) is 11.2 Å². The van der Waals surface area contributed by atoms with Crippen LogP contribution in [0.4, 0.5) is 5.69 Å². The molecule has 4 rings (SSSR count). The van der Waals surface area contributed by atoms with Crippen LogP contribution >= 0.6 is 0 Å². The second-order valence-corrected chi connectivity index (χ2v) is 7.22. The van der Waals surface area contributed by atoms with Crippen molar-refractivity contribution < 1.29 is 19.0 Å². The Morgan fingerprint density at radius 2 is 1.73 bits per heavy atom. The number of hydrogen-bond acceptors (Lipinski definition) is 6. The number of ketones is 1. The molecular formula is C24H26N2O4. The number of pyridine rings is 1. The van der Waals surface area contributed by atoms with Gasteiger partial charge in [0, 0.05) is 36.3 Å². The number of hydrogen-bond donors (Lipinski definition) is 0. The highest BCUT2D eigenvalue weighted by atomic mass is 16.5. The first-order chi connectivity index (χ1) is 14.7. The minimum Gasteiger partial charge on any atom is -0.493 e. The van der Waals surface area contributed by atoms with E-state index in [1.54, 1.807) is 20.4 Å². The van der Waals surface area contributed by atoms with Gasteiger partial charge in [-0.05, 0) is 18.1 Å². The number of aryl methyl sites for hydroxylation is 1. The summed E-state index contributed by atoms with van der Waals surface area (Å²) in [7, 11) is 3.21. The largest absolute Gasteiger partial charge is 0.493 e. The maximum absolute atomic E-state index is 13.5. The Bertz CT molecular complexity index is 1060. The van der Waals surface area contributed by atoms with Gasteiger partial charge in [-0.25, -0.2) is 0 Å². The minimum absolute atomic E-state index is 0.0386. The molecule has 1 aliphatic heterocycles. The topological polar surface area (TPSA) is 60.9 Å². The second-order valence-electron chi connectivity index (χ2n) is 7.22. The zero-order valence-corrected chi connectivity index (χ0v) is 17.6. The smallest absolute Gasteiger partial charge is 0.196 e. The highest BCUT2D eigenvalue weighted by molar-refractivity contribution is 6.16. The zero-order chi connectivity index (χ0) is 21.1. The van der Waals surface area contributed by atoms with Crippen molar-refractivity contribution in [1.82, 2.24) is 4.98 Å². The number of ether oxygens (including phenoxy) is 3. The van der Waals surface area contributed by atoms with Gasteiger partial charge in [-0.3, -0.25) is 9.78 Å². The molecule has 0 atom stereocenters. The zero-order valence-electron chi connectivity index (χ0n) is 17.6. The van der Waals surface area contributed by atoms with Crippen molar-refractivity contribution in [3.8, 4) is 11.5 Å². The van der Waals surface area contributed by atoms with E-state index in [9.17, 15) is 4.79 Å². The molecular weight excluding hydrogens is 380 g/mol. The van der Waals surface area contributed by atoms with Gasteiger partial charge in [-0.2, -0.15) is 0 Å². The fourth-order valence-electron chi connectivity index (χ4n) is 3.85. The second kappa shape index (κ2) is 8.71. The molecule has 2 aromatic carbocycles. The Labute approximate surface area is 176 Å². The SMILES string of the molecule is CCc1ccc(C(=O)c2cnc3cc(OC)c(OC)cc3c2N2CCOCC2)cc1. The van der Waals surface area contributed by atoms with E-state index in [1.807, 2.05) is 36.4 Å². The summed E-state index contributed by atoms with van der Waals surface area (Å²) >= 11 is 0. The lowest BCUT2D eigenvalue weighted by molar-refractivity contribution is 0.103. The molecule has 1 aliphatic rings. The molecule has 30 heavy (non-hydrogen) atoms. The van der Waals surface area contributed by atoms with Crippen molar-refractivity contribution in [1.29, 1.82) is 0 Å². The molecule has 6 heteroatoms. The van der Waals surface area contributed by atoms with Crippen LogP contribution in [-0.4, -0.2) is 51.3 Å². The summed E-state index contributed by atoms with van der Waals surface area (Å²) in [6.07, 6.45) is 2.61. The first-order valence-electron chi connectivity index (χ1n) is 10.2. The van der Waals surface area contributed by atoms with E-state index in [2.05, 4.69) is 16.8 Å². The molecule has 6 nitrogen and oxygen atoms in total. The van der Waals surface area contributed by atoms with Crippen LogP contribution in [0.25, 0.3) is 10.9 Å². The van der Waals surface area contributed by atoms with Gasteiger partial charge in [0.2, 0.25) is 0 Å². The Morgan fingerprint density at radius 3 is 2.37 bits per heavy atom. The number of rotatable bonds is 6. The number of fused-ring (bicyclic) bond motifs is 1. The van der Waals surface area contributed by atoms with Crippen LogP contribution in [0.2, 0.25) is 0 Å². The number of carbonyl (C=O) groups excluding carboxylic acids is 1. The van der Waals surface area contributed by atoms with E-state index in [1.165, 1.54) is 5.56 Å². The number of morpholine rings is 1. The van der Waals surface area contributed by atoms with Gasteiger partial charge in [0.1, 0.15) is 0 Å². The Morgan fingerprint density at radius 1 is 1.07 bits per heavy atom. The van der Waals surface area contributed by atoms with Crippen molar-refractivity contribution in [2.24, 2.45) is 0 Å². The fourth-order valence-corrected chi connectivity index (χ4v) is 3.85. The Hall–Kier alpha value is -3.12. The van der Waals surface area contributed by atoms with Gasteiger partial charge in [0.25, 0.3) is 0 Å². The summed E-state index contributed by atoms with van der Waals surface area (Å²) in [6.45, 7) is 4.76. The number of benzene rings is 2. The molecule has 0 unspecified atom stereocenters. The van der Waals surface area contributed by atoms with Crippen molar-refractivity contribution in [2.75, 3.05) is 45.4 Å². The van der Waals surface area contributed by atoms with Gasteiger partial charge in [0.15, 0.2) is 17.3 Å². The lowest BCUT2D eigenvalue weighted by atomic mass is 9.98. The van der Waals surface area contributed by atoms with E-state index < -0.39 is 0 Å². The third-order valence-electron chi connectivity index (χ3n) is 5.54. The van der Waals surface area contributed by atoms with Crippen molar-refractivity contribution in [3.05, 3.63) is 59.3 Å². The van der Waals surface area contributed by atoms with Crippen molar-refractivity contribution >= 4 is 22.4 Å². The van der Waals surface area contributed by atoms with Gasteiger partial charge < -0.3 is 19.1 Å². The molecule has 0 aliphatic carbocycles. The van der Waals surface area contributed by atoms with E-state index >= 15 is 0 Å². The van der Waals surface area contributed by atoms with Crippen LogP contribution in [0.1, 0.15) is 28.4 Å².